The lowest BCUT2D eigenvalue weighted by Crippen LogP contribution is -2.42. The van der Waals surface area contributed by atoms with Gasteiger partial charge in [-0.25, -0.2) is 32.9 Å². The van der Waals surface area contributed by atoms with Gasteiger partial charge in [0.1, 0.15) is 42.5 Å². The fourth-order valence-corrected chi connectivity index (χ4v) is 4.68. The highest BCUT2D eigenvalue weighted by Crippen LogP contribution is 2.39. The summed E-state index contributed by atoms with van der Waals surface area (Å²) in [6, 6.07) is 5.75. The molecule has 3 atom stereocenters. The second kappa shape index (κ2) is 14.8. The van der Waals surface area contributed by atoms with E-state index in [-0.39, 0.29) is 36.5 Å². The molecule has 0 saturated heterocycles. The molecule has 0 aliphatic heterocycles. The van der Waals surface area contributed by atoms with E-state index in [0.29, 0.717) is 11.6 Å². The van der Waals surface area contributed by atoms with Crippen LogP contribution in [-0.2, 0) is 37.8 Å². The van der Waals surface area contributed by atoms with Crippen LogP contribution in [0.2, 0.25) is 0 Å². The maximum Gasteiger partial charge on any atom is 0.418 e. The number of nitrogens with zero attached hydrogens (tertiary/aromatic N) is 7. The molecule has 14 nitrogen and oxygen atoms in total. The van der Waals surface area contributed by atoms with Gasteiger partial charge >= 0.3 is 18.0 Å². The minimum absolute atomic E-state index is 0.119. The van der Waals surface area contributed by atoms with Gasteiger partial charge in [-0.2, -0.15) is 4.57 Å². The van der Waals surface area contributed by atoms with Crippen LogP contribution in [0.3, 0.4) is 0 Å². The molecule has 17 heteroatoms. The van der Waals surface area contributed by atoms with Crippen LogP contribution in [0.5, 0.6) is 0 Å². The molecule has 248 valence electrons. The quantitative estimate of drug-likeness (QED) is 0.160. The number of carboxylic acids is 1. The van der Waals surface area contributed by atoms with Crippen LogP contribution in [-0.4, -0.2) is 60.0 Å². The molecule has 2 N–H and O–H groups in total. The molecule has 1 aromatic carbocycles. The first kappa shape index (κ1) is 34.4. The van der Waals surface area contributed by atoms with Crippen molar-refractivity contribution in [2.24, 2.45) is 0 Å². The van der Waals surface area contributed by atoms with Crippen LogP contribution < -0.4 is 9.47 Å². The highest BCUT2D eigenvalue weighted by Gasteiger charge is 2.43. The highest BCUT2D eigenvalue weighted by atomic mass is 19.1. The predicted octanol–water partition coefficient (Wildman–Crippen LogP) is 3.16. The summed E-state index contributed by atoms with van der Waals surface area (Å²) in [4.78, 5) is 48.4. The van der Waals surface area contributed by atoms with Crippen LogP contribution in [0.25, 0.3) is 0 Å². The lowest BCUT2D eigenvalue weighted by atomic mass is 9.79. The summed E-state index contributed by atoms with van der Waals surface area (Å²) in [6.07, 6.45) is 3.48. The lowest BCUT2D eigenvalue weighted by molar-refractivity contribution is -0.753. The molecule has 0 spiro atoms. The Balaban J connectivity index is 1.50. The number of hydrogen-bond acceptors (Lipinski definition) is 10. The molecule has 47 heavy (non-hydrogen) atoms. The molecule has 3 aromatic heterocycles. The average Bonchev–Trinajstić information content (AvgIpc) is 3.50. The molecule has 0 radical (unpaired) electrons. The van der Waals surface area contributed by atoms with E-state index >= 15 is 4.39 Å². The molecule has 1 amide bonds. The summed E-state index contributed by atoms with van der Waals surface area (Å²) in [7, 11) is 1.38. The number of carbonyl (C=O) groups excluding carboxylic acids is 2. The summed E-state index contributed by atoms with van der Waals surface area (Å²) in [5.41, 5.74) is -2.37. The topological polar surface area (TPSA) is 174 Å². The van der Waals surface area contributed by atoms with E-state index in [0.717, 1.165) is 29.6 Å². The number of ether oxygens (including phenoxy) is 2. The van der Waals surface area contributed by atoms with Crippen LogP contribution in [0.1, 0.15) is 55.7 Å². The van der Waals surface area contributed by atoms with Gasteiger partial charge in [-0.1, -0.05) is 19.1 Å². The van der Waals surface area contributed by atoms with Crippen molar-refractivity contribution in [2.75, 3.05) is 11.9 Å². The molecule has 1 unspecified atom stereocenters. The van der Waals surface area contributed by atoms with E-state index < -0.39 is 59.8 Å². The fourth-order valence-electron chi connectivity index (χ4n) is 4.68. The number of aromatic nitrogens is 6. The van der Waals surface area contributed by atoms with Crippen molar-refractivity contribution in [2.45, 2.75) is 57.6 Å². The number of hydrogen-bond donors (Lipinski definition) is 2. The number of carbonyl (C=O) groups is 3. The van der Waals surface area contributed by atoms with Crippen molar-refractivity contribution in [3.8, 4) is 0 Å². The van der Waals surface area contributed by atoms with Crippen molar-refractivity contribution in [3.63, 3.8) is 0 Å². The Morgan fingerprint density at radius 3 is 2.57 bits per heavy atom. The van der Waals surface area contributed by atoms with Gasteiger partial charge in [0.05, 0.1) is 24.7 Å². The number of pyridine rings is 1. The Kier molecular flexibility index (Phi) is 10.8. The molecule has 4 aromatic rings. The largest absolute Gasteiger partial charge is 0.481 e. The molecule has 0 aliphatic rings. The van der Waals surface area contributed by atoms with Crippen molar-refractivity contribution >= 4 is 23.8 Å². The van der Waals surface area contributed by atoms with E-state index in [9.17, 15) is 28.3 Å². The van der Waals surface area contributed by atoms with Crippen LogP contribution in [0.4, 0.5) is 23.8 Å². The normalized spacial score (nSPS) is 13.7. The lowest BCUT2D eigenvalue weighted by Gasteiger charge is -2.32. The number of rotatable bonds is 13. The van der Waals surface area contributed by atoms with Gasteiger partial charge in [0.15, 0.2) is 5.82 Å². The number of halogens is 3. The van der Waals surface area contributed by atoms with Gasteiger partial charge in [-0.3, -0.25) is 14.5 Å². The predicted molar refractivity (Wildman–Crippen MR) is 154 cm³/mol. The van der Waals surface area contributed by atoms with Crippen molar-refractivity contribution in [3.05, 3.63) is 96.0 Å². The minimum Gasteiger partial charge on any atom is -0.481 e. The maximum absolute atomic E-state index is 15.0. The van der Waals surface area contributed by atoms with Gasteiger partial charge in [0.25, 0.3) is 6.33 Å². The van der Waals surface area contributed by atoms with E-state index in [1.165, 1.54) is 49.0 Å². The average molecular weight is 659 g/mol. The number of aliphatic carboxylic acids is 1. The van der Waals surface area contributed by atoms with E-state index in [1.54, 1.807) is 12.1 Å². The smallest absolute Gasteiger partial charge is 0.418 e. The van der Waals surface area contributed by atoms with E-state index in [4.69, 9.17) is 14.6 Å². The fraction of sp³-hybridized carbons (Fsp3) is 0.333. The first-order chi connectivity index (χ1) is 22.3. The molecular formula is C30H31F3N7O7+. The summed E-state index contributed by atoms with van der Waals surface area (Å²) in [6.45, 7) is 2.22. The third-order valence-electron chi connectivity index (χ3n) is 7.31. The van der Waals surface area contributed by atoms with Crippen molar-refractivity contribution in [1.82, 2.24) is 24.7 Å². The summed E-state index contributed by atoms with van der Waals surface area (Å²) >= 11 is 0. The third kappa shape index (κ3) is 8.23. The summed E-state index contributed by atoms with van der Waals surface area (Å²) in [5, 5.41) is 24.8. The number of aliphatic hydroxyl groups is 1. The molecule has 0 saturated carbocycles. The Bertz CT molecular complexity index is 1760. The zero-order valence-electron chi connectivity index (χ0n) is 25.5. The molecule has 0 bridgehead atoms. The Labute approximate surface area is 266 Å². The van der Waals surface area contributed by atoms with Gasteiger partial charge in [0, 0.05) is 48.4 Å². The SMILES string of the molecule is CC(OC(=O)N(C)c1ncccc1COC(=O)CCC(=O)O)[n+]1cnn(C[C@](O)(c2ccc(F)cc2F)[C@@H](C)c2ncncc2F)c1. The Hall–Kier alpha value is -5.45. The number of esters is 1. The van der Waals surface area contributed by atoms with Gasteiger partial charge in [-0.05, 0) is 12.1 Å². The second-order valence-corrected chi connectivity index (χ2v) is 10.5. The number of benzene rings is 1. The Morgan fingerprint density at radius 1 is 1.11 bits per heavy atom. The summed E-state index contributed by atoms with van der Waals surface area (Å²) in [5.74, 6) is -5.71. The van der Waals surface area contributed by atoms with Crippen molar-refractivity contribution < 1.29 is 51.8 Å². The minimum atomic E-state index is -2.19. The van der Waals surface area contributed by atoms with Crippen LogP contribution in [0.15, 0.2) is 61.7 Å². The molecule has 3 heterocycles. The van der Waals surface area contributed by atoms with Crippen molar-refractivity contribution in [1.29, 1.82) is 0 Å². The molecule has 0 fully saturated rings. The number of amides is 1. The number of anilines is 1. The zero-order valence-corrected chi connectivity index (χ0v) is 25.5. The summed E-state index contributed by atoms with van der Waals surface area (Å²) < 4.78 is 56.7. The first-order valence-electron chi connectivity index (χ1n) is 14.1. The monoisotopic (exact) mass is 658 g/mol. The molecule has 0 aliphatic carbocycles. The van der Waals surface area contributed by atoms with Gasteiger partial charge in [-0.15, -0.1) is 4.68 Å². The molecular weight excluding hydrogens is 627 g/mol. The van der Waals surface area contributed by atoms with E-state index in [2.05, 4.69) is 20.1 Å². The maximum atomic E-state index is 15.0. The van der Waals surface area contributed by atoms with Gasteiger partial charge < -0.3 is 19.7 Å². The standard InChI is InChI=1S/C30H30F3N7O7/c1-18(27-24(33)12-34-15-36-27)30(45,22-7-6-21(31)11-23(22)32)14-40-17-39(16-37-40)19(2)47-29(44)38(3)28-20(5-4-10-35-28)13-46-26(43)9-8-25(41)42/h4-7,10-12,15-19,45H,8-9,13-14H2,1-3H3/p+1/t18-,19?,30+/m0/s1. The Morgan fingerprint density at radius 2 is 1.87 bits per heavy atom. The molecule has 4 rings (SSSR count). The van der Waals surface area contributed by atoms with Crippen LogP contribution >= 0.6 is 0 Å². The number of carboxylic acid groups (broad SMARTS) is 1. The highest BCUT2D eigenvalue weighted by molar-refractivity contribution is 5.86. The second-order valence-electron chi connectivity index (χ2n) is 10.5. The zero-order chi connectivity index (χ0) is 34.3. The van der Waals surface area contributed by atoms with Crippen LogP contribution in [0, 0.1) is 17.5 Å². The van der Waals surface area contributed by atoms with Gasteiger partial charge in [0.2, 0.25) is 12.6 Å². The first-order valence-corrected chi connectivity index (χ1v) is 14.1. The third-order valence-corrected chi connectivity index (χ3v) is 7.31. The van der Waals surface area contributed by atoms with E-state index in [1.807, 2.05) is 0 Å².